The lowest BCUT2D eigenvalue weighted by Gasteiger charge is -2.21. The zero-order valence-corrected chi connectivity index (χ0v) is 15.6. The highest BCUT2D eigenvalue weighted by molar-refractivity contribution is 5.79. The molecule has 0 amide bonds. The summed E-state index contributed by atoms with van der Waals surface area (Å²) in [5, 5.41) is 16.4. The van der Waals surface area contributed by atoms with Gasteiger partial charge >= 0.3 is 0 Å². The first kappa shape index (κ1) is 19.7. The molecule has 1 aromatic carbocycles. The fourth-order valence-corrected chi connectivity index (χ4v) is 3.23. The van der Waals surface area contributed by atoms with E-state index in [0.29, 0.717) is 6.54 Å². The largest absolute Gasteiger partial charge is 0.396 e. The van der Waals surface area contributed by atoms with E-state index in [-0.39, 0.29) is 12.5 Å². The average Bonchev–Trinajstić information content (AvgIpc) is 2.92. The van der Waals surface area contributed by atoms with Gasteiger partial charge < -0.3 is 20.6 Å². The zero-order chi connectivity index (χ0) is 17.7. The van der Waals surface area contributed by atoms with Gasteiger partial charge in [-0.25, -0.2) is 0 Å². The summed E-state index contributed by atoms with van der Waals surface area (Å²) in [6.45, 7) is 8.01. The maximum Gasteiger partial charge on any atom is 0.191 e. The molecule has 1 heterocycles. The minimum atomic E-state index is 0.0438. The average molecular weight is 347 g/mol. The molecule has 1 unspecified atom stereocenters. The van der Waals surface area contributed by atoms with Crippen molar-refractivity contribution in [2.45, 2.75) is 38.5 Å². The molecule has 0 radical (unpaired) electrons. The number of hydrogen-bond donors (Lipinski definition) is 3. The second-order valence-electron chi connectivity index (χ2n) is 6.69. The van der Waals surface area contributed by atoms with Gasteiger partial charge in [0, 0.05) is 25.6 Å². The van der Waals surface area contributed by atoms with Crippen LogP contribution in [0.2, 0.25) is 0 Å². The van der Waals surface area contributed by atoms with Crippen LogP contribution in [-0.2, 0) is 0 Å². The van der Waals surface area contributed by atoms with E-state index in [0.717, 1.165) is 31.2 Å². The molecule has 0 saturated carbocycles. The highest BCUT2D eigenvalue weighted by Crippen LogP contribution is 2.14. The Morgan fingerprint density at radius 3 is 2.48 bits per heavy atom. The molecular formula is C20H34N4O. The summed E-state index contributed by atoms with van der Waals surface area (Å²) in [6, 6.07) is 10.1. The van der Waals surface area contributed by atoms with Gasteiger partial charge in [-0.05, 0) is 38.4 Å². The fraction of sp³-hybridized carbons (Fsp3) is 0.650. The van der Waals surface area contributed by atoms with Gasteiger partial charge in [-0.3, -0.25) is 4.99 Å². The first-order valence-electron chi connectivity index (χ1n) is 9.73. The molecule has 5 heteroatoms. The number of nitrogens with zero attached hydrogens (tertiary/aromatic N) is 2. The van der Waals surface area contributed by atoms with Crippen molar-refractivity contribution in [2.24, 2.45) is 4.99 Å². The lowest BCUT2D eigenvalue weighted by atomic mass is 10.0. The van der Waals surface area contributed by atoms with E-state index < -0.39 is 0 Å². The molecular weight excluding hydrogens is 312 g/mol. The number of aliphatic hydroxyl groups is 1. The number of rotatable bonds is 8. The highest BCUT2D eigenvalue weighted by Gasteiger charge is 2.11. The van der Waals surface area contributed by atoms with Crippen LogP contribution in [-0.4, -0.2) is 61.8 Å². The third kappa shape index (κ3) is 7.45. The van der Waals surface area contributed by atoms with Crippen molar-refractivity contribution in [1.82, 2.24) is 15.5 Å². The van der Waals surface area contributed by atoms with Crippen LogP contribution < -0.4 is 10.6 Å². The van der Waals surface area contributed by atoms with Crippen molar-refractivity contribution in [3.05, 3.63) is 35.9 Å². The van der Waals surface area contributed by atoms with Gasteiger partial charge in [0.05, 0.1) is 13.2 Å². The summed E-state index contributed by atoms with van der Waals surface area (Å²) >= 11 is 0. The number of nitrogens with one attached hydrogen (secondary N) is 2. The molecule has 140 valence electrons. The van der Waals surface area contributed by atoms with E-state index in [2.05, 4.69) is 39.6 Å². The van der Waals surface area contributed by atoms with E-state index in [1.54, 1.807) is 0 Å². The molecule has 0 aliphatic carbocycles. The molecule has 1 aliphatic rings. The number of aliphatic hydroxyl groups excluding tert-OH is 1. The van der Waals surface area contributed by atoms with Crippen LogP contribution in [0.1, 0.15) is 44.1 Å². The maximum absolute atomic E-state index is 9.68. The molecule has 0 aromatic heterocycles. The zero-order valence-electron chi connectivity index (χ0n) is 15.6. The third-order valence-electron chi connectivity index (χ3n) is 4.72. The first-order chi connectivity index (χ1) is 12.3. The van der Waals surface area contributed by atoms with Crippen LogP contribution in [0.3, 0.4) is 0 Å². The molecule has 0 bridgehead atoms. The summed E-state index contributed by atoms with van der Waals surface area (Å²) in [7, 11) is 0. The summed E-state index contributed by atoms with van der Waals surface area (Å²) in [4.78, 5) is 7.22. The fourth-order valence-electron chi connectivity index (χ4n) is 3.23. The summed E-state index contributed by atoms with van der Waals surface area (Å²) < 4.78 is 0. The van der Waals surface area contributed by atoms with E-state index in [1.807, 2.05) is 18.2 Å². The smallest absolute Gasteiger partial charge is 0.191 e. The second kappa shape index (κ2) is 11.9. The monoisotopic (exact) mass is 346 g/mol. The maximum atomic E-state index is 9.68. The number of hydrogen-bond acceptors (Lipinski definition) is 3. The molecule has 3 N–H and O–H groups in total. The molecule has 1 aliphatic heterocycles. The van der Waals surface area contributed by atoms with E-state index in [1.165, 1.54) is 38.8 Å². The van der Waals surface area contributed by atoms with Gasteiger partial charge in [0.25, 0.3) is 0 Å². The number of benzene rings is 1. The topological polar surface area (TPSA) is 59.9 Å². The van der Waals surface area contributed by atoms with Crippen LogP contribution >= 0.6 is 0 Å². The predicted molar refractivity (Wildman–Crippen MR) is 105 cm³/mol. The number of aliphatic imine (C=N–C) groups is 1. The standard InChI is InChI=1S/C20H34N4O/c1-2-21-20(22-12-15-24-13-8-3-4-9-14-24)23-16-19(17-25)18-10-6-5-7-11-18/h5-7,10-11,19,25H,2-4,8-9,12-17H2,1H3,(H2,21,22,23). The lowest BCUT2D eigenvalue weighted by molar-refractivity contribution is 0.268. The van der Waals surface area contributed by atoms with Gasteiger partial charge in [-0.1, -0.05) is 43.2 Å². The number of likely N-dealkylation sites (tertiary alicyclic amines) is 1. The van der Waals surface area contributed by atoms with Crippen LogP contribution in [0.4, 0.5) is 0 Å². The van der Waals surface area contributed by atoms with Crippen LogP contribution in [0.25, 0.3) is 0 Å². The van der Waals surface area contributed by atoms with Gasteiger partial charge in [0.2, 0.25) is 0 Å². The summed E-state index contributed by atoms with van der Waals surface area (Å²) in [5.41, 5.74) is 1.13. The van der Waals surface area contributed by atoms with Crippen LogP contribution in [0.15, 0.2) is 35.3 Å². The van der Waals surface area contributed by atoms with Crippen LogP contribution in [0, 0.1) is 0 Å². The second-order valence-corrected chi connectivity index (χ2v) is 6.69. The highest BCUT2D eigenvalue weighted by atomic mass is 16.3. The molecule has 25 heavy (non-hydrogen) atoms. The van der Waals surface area contributed by atoms with Gasteiger partial charge in [-0.2, -0.15) is 0 Å². The summed E-state index contributed by atoms with van der Waals surface area (Å²) in [5.74, 6) is 0.883. The Morgan fingerprint density at radius 1 is 1.12 bits per heavy atom. The molecule has 2 rings (SSSR count). The minimum absolute atomic E-state index is 0.0438. The normalized spacial score (nSPS) is 17.8. The third-order valence-corrected chi connectivity index (χ3v) is 4.72. The van der Waals surface area contributed by atoms with Crippen molar-refractivity contribution in [1.29, 1.82) is 0 Å². The summed E-state index contributed by atoms with van der Waals surface area (Å²) in [6.07, 6.45) is 5.39. The molecule has 0 spiro atoms. The predicted octanol–water partition coefficient (Wildman–Crippen LogP) is 2.19. The van der Waals surface area contributed by atoms with E-state index in [9.17, 15) is 5.11 Å². The van der Waals surface area contributed by atoms with Gasteiger partial charge in [0.1, 0.15) is 0 Å². The van der Waals surface area contributed by atoms with Crippen LogP contribution in [0.5, 0.6) is 0 Å². The Kier molecular flexibility index (Phi) is 9.37. The van der Waals surface area contributed by atoms with Crippen molar-refractivity contribution < 1.29 is 5.11 Å². The van der Waals surface area contributed by atoms with E-state index >= 15 is 0 Å². The Morgan fingerprint density at radius 2 is 1.84 bits per heavy atom. The Balaban J connectivity index is 1.82. The molecule has 1 saturated heterocycles. The van der Waals surface area contributed by atoms with E-state index in [4.69, 9.17) is 0 Å². The first-order valence-corrected chi connectivity index (χ1v) is 9.73. The minimum Gasteiger partial charge on any atom is -0.396 e. The quantitative estimate of drug-likeness (QED) is 0.499. The Hall–Kier alpha value is -1.59. The van der Waals surface area contributed by atoms with Crippen molar-refractivity contribution in [3.8, 4) is 0 Å². The van der Waals surface area contributed by atoms with Gasteiger partial charge in [0.15, 0.2) is 5.96 Å². The van der Waals surface area contributed by atoms with Gasteiger partial charge in [-0.15, -0.1) is 0 Å². The number of guanidine groups is 1. The molecule has 5 nitrogen and oxygen atoms in total. The Bertz CT molecular complexity index is 484. The molecule has 1 fully saturated rings. The van der Waals surface area contributed by atoms with Crippen molar-refractivity contribution in [3.63, 3.8) is 0 Å². The molecule has 1 aromatic rings. The SMILES string of the molecule is CCNC(=NCC(CO)c1ccccc1)NCCN1CCCCCC1. The van der Waals surface area contributed by atoms with Crippen molar-refractivity contribution in [2.75, 3.05) is 45.9 Å². The molecule has 1 atom stereocenters. The lowest BCUT2D eigenvalue weighted by Crippen LogP contribution is -2.42. The van der Waals surface area contributed by atoms with Crippen molar-refractivity contribution >= 4 is 5.96 Å². The Labute approximate surface area is 152 Å².